The first-order valence-corrected chi connectivity index (χ1v) is 7.22. The van der Waals surface area contributed by atoms with Crippen molar-refractivity contribution in [3.05, 3.63) is 30.3 Å². The molecule has 1 nitrogen and oxygen atoms in total. The van der Waals surface area contributed by atoms with E-state index in [1.54, 1.807) is 0 Å². The van der Waals surface area contributed by atoms with Crippen LogP contribution >= 0.6 is 0 Å². The van der Waals surface area contributed by atoms with Crippen molar-refractivity contribution in [3.8, 4) is 0 Å². The summed E-state index contributed by atoms with van der Waals surface area (Å²) in [7, 11) is 0. The SMILES string of the molecule is C[C@H]1CCO[C@H]1C[Se]c1ccccc1. The Morgan fingerprint density at radius 1 is 1.36 bits per heavy atom. The van der Waals surface area contributed by atoms with Crippen LogP contribution in [0.15, 0.2) is 30.3 Å². The molecule has 1 aromatic carbocycles. The molecule has 0 spiro atoms. The average Bonchev–Trinajstić information content (AvgIpc) is 2.63. The van der Waals surface area contributed by atoms with E-state index >= 15 is 0 Å². The monoisotopic (exact) mass is 256 g/mol. The van der Waals surface area contributed by atoms with Crippen molar-refractivity contribution in [3.63, 3.8) is 0 Å². The van der Waals surface area contributed by atoms with Gasteiger partial charge in [-0.25, -0.2) is 0 Å². The van der Waals surface area contributed by atoms with Crippen LogP contribution < -0.4 is 4.46 Å². The Bertz CT molecular complexity index is 273. The fourth-order valence-corrected chi connectivity index (χ4v) is 4.04. The van der Waals surface area contributed by atoms with Crippen molar-refractivity contribution in [1.82, 2.24) is 0 Å². The predicted molar refractivity (Wildman–Crippen MR) is 60.2 cm³/mol. The molecule has 14 heavy (non-hydrogen) atoms. The van der Waals surface area contributed by atoms with E-state index in [0.29, 0.717) is 21.1 Å². The molecule has 0 radical (unpaired) electrons. The third kappa shape index (κ3) is 2.60. The Hall–Kier alpha value is -0.301. The summed E-state index contributed by atoms with van der Waals surface area (Å²) in [5, 5.41) is 1.23. The molecule has 2 heteroatoms. The molecular weight excluding hydrogens is 239 g/mol. The molecular formula is C12H16OSe. The third-order valence-electron chi connectivity index (χ3n) is 2.70. The van der Waals surface area contributed by atoms with E-state index in [2.05, 4.69) is 37.3 Å². The molecule has 0 N–H and O–H groups in total. The molecule has 1 aliphatic rings. The van der Waals surface area contributed by atoms with Gasteiger partial charge in [0.25, 0.3) is 0 Å². The summed E-state index contributed by atoms with van der Waals surface area (Å²) in [5.41, 5.74) is 0. The van der Waals surface area contributed by atoms with E-state index in [-0.39, 0.29) is 0 Å². The molecule has 76 valence electrons. The molecule has 0 aromatic heterocycles. The zero-order valence-electron chi connectivity index (χ0n) is 8.48. The Morgan fingerprint density at radius 2 is 2.14 bits per heavy atom. The van der Waals surface area contributed by atoms with Crippen molar-refractivity contribution in [2.75, 3.05) is 6.61 Å². The van der Waals surface area contributed by atoms with Crippen LogP contribution in [-0.4, -0.2) is 27.7 Å². The zero-order valence-corrected chi connectivity index (χ0v) is 10.2. The van der Waals surface area contributed by atoms with Gasteiger partial charge in [0.1, 0.15) is 0 Å². The van der Waals surface area contributed by atoms with E-state index in [1.807, 2.05) is 0 Å². The van der Waals surface area contributed by atoms with Gasteiger partial charge in [0.15, 0.2) is 0 Å². The van der Waals surface area contributed by atoms with Gasteiger partial charge in [-0.2, -0.15) is 0 Å². The van der Waals surface area contributed by atoms with Gasteiger partial charge >= 0.3 is 91.8 Å². The third-order valence-corrected chi connectivity index (χ3v) is 5.01. The van der Waals surface area contributed by atoms with E-state index in [4.69, 9.17) is 4.74 Å². The van der Waals surface area contributed by atoms with Gasteiger partial charge in [-0.3, -0.25) is 0 Å². The average molecular weight is 255 g/mol. The van der Waals surface area contributed by atoms with Gasteiger partial charge in [0.2, 0.25) is 0 Å². The van der Waals surface area contributed by atoms with Crippen LogP contribution in [0.3, 0.4) is 0 Å². The summed E-state index contributed by atoms with van der Waals surface area (Å²) in [6, 6.07) is 10.8. The molecule has 2 rings (SSSR count). The number of rotatable bonds is 3. The molecule has 0 aliphatic carbocycles. The quantitative estimate of drug-likeness (QED) is 0.749. The number of ether oxygens (including phenoxy) is 1. The summed E-state index contributed by atoms with van der Waals surface area (Å²) in [6.45, 7) is 3.27. The molecule has 1 aliphatic heterocycles. The Morgan fingerprint density at radius 3 is 2.79 bits per heavy atom. The fraction of sp³-hybridized carbons (Fsp3) is 0.500. The van der Waals surface area contributed by atoms with Gasteiger partial charge in [-0.05, 0) is 0 Å². The second-order valence-electron chi connectivity index (χ2n) is 3.80. The molecule has 1 fully saturated rings. The van der Waals surface area contributed by atoms with E-state index in [9.17, 15) is 0 Å². The molecule has 0 unspecified atom stereocenters. The van der Waals surface area contributed by atoms with Crippen molar-refractivity contribution >= 4 is 19.4 Å². The van der Waals surface area contributed by atoms with Crippen molar-refractivity contribution in [1.29, 1.82) is 0 Å². The van der Waals surface area contributed by atoms with Crippen LogP contribution in [0.4, 0.5) is 0 Å². The normalized spacial score (nSPS) is 26.6. The zero-order chi connectivity index (χ0) is 9.80. The number of benzene rings is 1. The molecule has 2 atom stereocenters. The maximum absolute atomic E-state index is 5.70. The van der Waals surface area contributed by atoms with Gasteiger partial charge in [0.05, 0.1) is 0 Å². The van der Waals surface area contributed by atoms with Crippen LogP contribution in [0, 0.1) is 5.92 Å². The summed E-state index contributed by atoms with van der Waals surface area (Å²) >= 11 is 0.588. The van der Waals surface area contributed by atoms with Crippen molar-refractivity contribution < 1.29 is 4.74 Å². The second kappa shape index (κ2) is 4.97. The van der Waals surface area contributed by atoms with Crippen LogP contribution in [0.25, 0.3) is 0 Å². The summed E-state index contributed by atoms with van der Waals surface area (Å²) < 4.78 is 7.19. The van der Waals surface area contributed by atoms with Crippen molar-refractivity contribution in [2.45, 2.75) is 24.8 Å². The molecule has 0 bridgehead atoms. The summed E-state index contributed by atoms with van der Waals surface area (Å²) in [4.78, 5) is 0. The minimum absolute atomic E-state index is 0.523. The van der Waals surface area contributed by atoms with E-state index < -0.39 is 0 Å². The van der Waals surface area contributed by atoms with E-state index in [0.717, 1.165) is 12.5 Å². The summed E-state index contributed by atoms with van der Waals surface area (Å²) in [5.74, 6) is 0.764. The predicted octanol–water partition coefficient (Wildman–Crippen LogP) is 1.86. The fourth-order valence-electron chi connectivity index (χ4n) is 1.66. The van der Waals surface area contributed by atoms with Gasteiger partial charge in [0, 0.05) is 0 Å². The Kier molecular flexibility index (Phi) is 3.63. The summed E-state index contributed by atoms with van der Waals surface area (Å²) in [6.07, 6.45) is 1.77. The Balaban J connectivity index is 1.82. The van der Waals surface area contributed by atoms with Gasteiger partial charge in [-0.1, -0.05) is 0 Å². The van der Waals surface area contributed by atoms with Crippen LogP contribution in [0.1, 0.15) is 13.3 Å². The first-order chi connectivity index (χ1) is 6.86. The molecule has 1 heterocycles. The minimum atomic E-state index is 0.523. The van der Waals surface area contributed by atoms with Crippen molar-refractivity contribution in [2.24, 2.45) is 5.92 Å². The first-order valence-electron chi connectivity index (χ1n) is 5.16. The first kappa shape index (κ1) is 10.2. The molecule has 1 saturated heterocycles. The molecule has 1 aromatic rings. The Labute approximate surface area is 92.0 Å². The van der Waals surface area contributed by atoms with Gasteiger partial charge in [-0.15, -0.1) is 0 Å². The van der Waals surface area contributed by atoms with Crippen LogP contribution in [-0.2, 0) is 4.74 Å². The number of hydrogen-bond acceptors (Lipinski definition) is 1. The van der Waals surface area contributed by atoms with E-state index in [1.165, 1.54) is 16.2 Å². The number of hydrogen-bond donors (Lipinski definition) is 0. The second-order valence-corrected chi connectivity index (χ2v) is 6.09. The molecule has 0 amide bonds. The molecule has 0 saturated carbocycles. The van der Waals surface area contributed by atoms with Gasteiger partial charge < -0.3 is 0 Å². The van der Waals surface area contributed by atoms with Crippen LogP contribution in [0.2, 0.25) is 5.32 Å². The van der Waals surface area contributed by atoms with Crippen LogP contribution in [0.5, 0.6) is 0 Å². The standard InChI is InChI=1S/C12H16OSe/c1-10-7-8-13-12(10)9-14-11-5-3-2-4-6-11/h2-6,10,12H,7-9H2,1H3/t10-,12-/m0/s1. The topological polar surface area (TPSA) is 9.23 Å². The maximum atomic E-state index is 5.70.